The number of nitrogens with zero attached hydrogens (tertiary/aromatic N) is 3. The summed E-state index contributed by atoms with van der Waals surface area (Å²) in [5.41, 5.74) is 42.1. The van der Waals surface area contributed by atoms with Crippen LogP contribution in [-0.2, 0) is 5.41 Å². The van der Waals surface area contributed by atoms with Crippen LogP contribution in [0.2, 0.25) is 0 Å². The van der Waals surface area contributed by atoms with Crippen LogP contribution in [-0.4, -0.2) is 0 Å². The van der Waals surface area contributed by atoms with E-state index in [4.69, 9.17) is 0 Å². The molecule has 1 aliphatic rings. The van der Waals surface area contributed by atoms with Crippen molar-refractivity contribution in [3.8, 4) is 44.5 Å². The van der Waals surface area contributed by atoms with Crippen molar-refractivity contribution in [1.29, 1.82) is 0 Å². The number of fused-ring (bicyclic) bond motifs is 3. The van der Waals surface area contributed by atoms with Crippen LogP contribution in [0.1, 0.15) is 108 Å². The molecular formula is C90H88BrN3. The van der Waals surface area contributed by atoms with Gasteiger partial charge in [0.15, 0.2) is 0 Å². The summed E-state index contributed by atoms with van der Waals surface area (Å²) in [5.74, 6) is 0. The van der Waals surface area contributed by atoms with E-state index >= 15 is 0 Å². The average molecular weight is 1290 g/mol. The molecule has 0 saturated heterocycles. The summed E-state index contributed by atoms with van der Waals surface area (Å²) in [6.07, 6.45) is 0. The van der Waals surface area contributed by atoms with Gasteiger partial charge < -0.3 is 14.7 Å². The van der Waals surface area contributed by atoms with E-state index in [0.717, 1.165) is 44.3 Å². The van der Waals surface area contributed by atoms with E-state index in [1.165, 1.54) is 150 Å². The molecule has 0 amide bonds. The molecule has 0 aliphatic heterocycles. The zero-order valence-electron chi connectivity index (χ0n) is 58.1. The maximum Gasteiger partial charge on any atom is 0.0473 e. The van der Waals surface area contributed by atoms with Crippen LogP contribution >= 0.6 is 15.9 Å². The van der Waals surface area contributed by atoms with Gasteiger partial charge in [-0.15, -0.1) is 0 Å². The zero-order chi connectivity index (χ0) is 66.6. The third kappa shape index (κ3) is 12.7. The molecule has 0 radical (unpaired) electrons. The third-order valence-electron chi connectivity index (χ3n) is 20.3. The van der Waals surface area contributed by atoms with E-state index in [1.54, 1.807) is 0 Å². The molecule has 13 rings (SSSR count). The lowest BCUT2D eigenvalue weighted by Gasteiger charge is -2.28. The summed E-state index contributed by atoms with van der Waals surface area (Å²) in [5, 5.41) is 0. The van der Waals surface area contributed by atoms with E-state index in [1.807, 2.05) is 0 Å². The minimum absolute atomic E-state index is 0.115. The van der Waals surface area contributed by atoms with Crippen LogP contribution in [0.15, 0.2) is 229 Å². The van der Waals surface area contributed by atoms with Gasteiger partial charge in [0.1, 0.15) is 0 Å². The quantitative estimate of drug-likeness (QED) is 0.121. The Bertz CT molecular complexity index is 4520. The first-order chi connectivity index (χ1) is 44.9. The highest BCUT2D eigenvalue weighted by Crippen LogP contribution is 2.51. The Labute approximate surface area is 569 Å². The van der Waals surface area contributed by atoms with Crippen molar-refractivity contribution in [2.75, 3.05) is 14.7 Å². The maximum atomic E-state index is 3.68. The molecule has 1 aliphatic carbocycles. The molecule has 12 aromatic rings. The van der Waals surface area contributed by atoms with Gasteiger partial charge in [-0.25, -0.2) is 0 Å². The van der Waals surface area contributed by atoms with Gasteiger partial charge in [0, 0.05) is 61.1 Å². The first-order valence-electron chi connectivity index (χ1n) is 33.1. The lowest BCUT2D eigenvalue weighted by atomic mass is 9.81. The molecule has 470 valence electrons. The second-order valence-corrected chi connectivity index (χ2v) is 28.1. The van der Waals surface area contributed by atoms with E-state index in [-0.39, 0.29) is 5.41 Å². The summed E-state index contributed by atoms with van der Waals surface area (Å²) in [7, 11) is 0. The fourth-order valence-electron chi connectivity index (χ4n) is 13.4. The second kappa shape index (κ2) is 26.1. The van der Waals surface area contributed by atoms with Crippen molar-refractivity contribution in [2.45, 2.75) is 123 Å². The molecule has 0 fully saturated rings. The summed E-state index contributed by atoms with van der Waals surface area (Å²) in [6.45, 7) is 37.6. The van der Waals surface area contributed by atoms with E-state index in [0.29, 0.717) is 0 Å². The highest BCUT2D eigenvalue weighted by molar-refractivity contribution is 9.10. The Morgan fingerprint density at radius 2 is 0.500 bits per heavy atom. The van der Waals surface area contributed by atoms with Gasteiger partial charge in [-0.2, -0.15) is 0 Å². The first kappa shape index (κ1) is 64.6. The molecular weight excluding hydrogens is 1200 g/mol. The molecule has 0 spiro atoms. The minimum atomic E-state index is -0.115. The Balaban J connectivity index is 0.000000284. The Hall–Kier alpha value is -9.48. The summed E-state index contributed by atoms with van der Waals surface area (Å²) >= 11 is 3.68. The summed E-state index contributed by atoms with van der Waals surface area (Å²) in [4.78, 5) is 7.17. The smallest absolute Gasteiger partial charge is 0.0473 e. The Kier molecular flexibility index (Phi) is 18.0. The normalized spacial score (nSPS) is 12.0. The predicted octanol–water partition coefficient (Wildman–Crippen LogP) is 26.5. The monoisotopic (exact) mass is 1290 g/mol. The highest BCUT2D eigenvalue weighted by atomic mass is 79.9. The van der Waals surface area contributed by atoms with Gasteiger partial charge in [-0.1, -0.05) is 121 Å². The number of rotatable bonds is 12. The Morgan fingerprint density at radius 1 is 0.213 bits per heavy atom. The van der Waals surface area contributed by atoms with E-state index in [9.17, 15) is 0 Å². The van der Waals surface area contributed by atoms with Crippen molar-refractivity contribution in [2.24, 2.45) is 0 Å². The van der Waals surface area contributed by atoms with Crippen LogP contribution in [0.25, 0.3) is 44.5 Å². The van der Waals surface area contributed by atoms with Gasteiger partial charge in [0.25, 0.3) is 0 Å². The lowest BCUT2D eigenvalue weighted by Crippen LogP contribution is -2.14. The fourth-order valence-corrected chi connectivity index (χ4v) is 13.7. The van der Waals surface area contributed by atoms with Crippen molar-refractivity contribution in [3.63, 3.8) is 0 Å². The molecule has 0 heterocycles. The molecule has 4 heteroatoms. The number of hydrogen-bond donors (Lipinski definition) is 0. The van der Waals surface area contributed by atoms with Crippen LogP contribution in [0.5, 0.6) is 0 Å². The van der Waals surface area contributed by atoms with E-state index in [2.05, 4.69) is 373 Å². The summed E-state index contributed by atoms with van der Waals surface area (Å²) < 4.78 is 1.13. The highest BCUT2D eigenvalue weighted by Gasteiger charge is 2.35. The van der Waals surface area contributed by atoms with Crippen LogP contribution in [0.4, 0.5) is 51.2 Å². The van der Waals surface area contributed by atoms with Gasteiger partial charge in [0.05, 0.1) is 0 Å². The number of aryl methyl sites for hydroxylation is 15. The van der Waals surface area contributed by atoms with Crippen molar-refractivity contribution >= 4 is 67.1 Å². The van der Waals surface area contributed by atoms with Crippen LogP contribution < -0.4 is 14.7 Å². The molecule has 94 heavy (non-hydrogen) atoms. The fraction of sp³-hybridized carbons (Fsp3) is 0.200. The number of benzene rings is 12. The minimum Gasteiger partial charge on any atom is -0.310 e. The topological polar surface area (TPSA) is 9.72 Å². The third-order valence-corrected chi connectivity index (χ3v) is 21.2. The van der Waals surface area contributed by atoms with Gasteiger partial charge in [-0.3, -0.25) is 0 Å². The summed E-state index contributed by atoms with van der Waals surface area (Å²) in [6, 6.07) is 84.6. The maximum absolute atomic E-state index is 3.68. The van der Waals surface area contributed by atoms with Crippen LogP contribution in [0, 0.1) is 104 Å². The van der Waals surface area contributed by atoms with Crippen molar-refractivity contribution in [1.82, 2.24) is 0 Å². The van der Waals surface area contributed by atoms with Gasteiger partial charge in [0.2, 0.25) is 0 Å². The molecule has 0 aromatic heterocycles. The second-order valence-electron chi connectivity index (χ2n) is 27.3. The van der Waals surface area contributed by atoms with Gasteiger partial charge >= 0.3 is 0 Å². The SMILES string of the molecule is Cc1ccc(N(c2ccc(C)c(C)c2)c2ccc(C)c(-c3cc(-c4ccc5c(c4)C(C)(C)c4ccccc4-5)cc(-c4cc(N(c5ccc(C)c(C)c5)c5ccc(C)c(C)c5)ccc4C)c3)c2)cc1C.Cc1ccc(N(c2ccc(C)c(C)c2)c2ccc(C)c(Br)c2)cc1C. The van der Waals surface area contributed by atoms with Crippen molar-refractivity contribution < 1.29 is 0 Å². The lowest BCUT2D eigenvalue weighted by molar-refractivity contribution is 0.660. The zero-order valence-corrected chi connectivity index (χ0v) is 59.7. The molecule has 0 unspecified atom stereocenters. The van der Waals surface area contributed by atoms with Crippen molar-refractivity contribution in [3.05, 3.63) is 324 Å². The number of hydrogen-bond acceptors (Lipinski definition) is 3. The molecule has 0 saturated carbocycles. The van der Waals surface area contributed by atoms with E-state index < -0.39 is 0 Å². The molecule has 12 aromatic carbocycles. The predicted molar refractivity (Wildman–Crippen MR) is 410 cm³/mol. The molecule has 3 nitrogen and oxygen atoms in total. The molecule has 0 bridgehead atoms. The van der Waals surface area contributed by atoms with Crippen LogP contribution in [0.3, 0.4) is 0 Å². The average Bonchev–Trinajstić information content (AvgIpc) is 1.56. The largest absolute Gasteiger partial charge is 0.310 e. The number of halogens is 1. The Morgan fingerprint density at radius 3 is 0.840 bits per heavy atom. The molecule has 0 atom stereocenters. The standard InChI is InChI=1S/C67H64N2.C23H24BrN/c1-41-17-24-55(31-47(41)7)68(56-25-18-42(2)48(8)32-56)59-28-21-45(5)63(39-59)53-35-52(51-23-30-62-61-15-13-14-16-65(61)67(11,12)66(62)38-51)36-54(37-53)64-40-60(29-22-46(64)6)69(57-26-19-43(3)49(9)33-57)58-27-20-44(4)50(10)34-58;1-15-6-9-20(12-18(15)4)25(21-10-7-16(2)19(5)13-21)22-11-8-17(3)23(24)14-22/h13-40H,1-12H3;6-14H,1-5H3. The number of anilines is 9. The first-order valence-corrected chi connectivity index (χ1v) is 33.9. The van der Waals surface area contributed by atoms with Gasteiger partial charge in [-0.05, 0) is 376 Å². The molecule has 0 N–H and O–H groups in total.